The fourth-order valence-corrected chi connectivity index (χ4v) is 4.03. The van der Waals surface area contributed by atoms with Gasteiger partial charge in [0.2, 0.25) is 0 Å². The summed E-state index contributed by atoms with van der Waals surface area (Å²) in [5.41, 5.74) is 2.46. The fourth-order valence-electron chi connectivity index (χ4n) is 3.70. The van der Waals surface area contributed by atoms with Gasteiger partial charge < -0.3 is 9.55 Å². The lowest BCUT2D eigenvalue weighted by Gasteiger charge is -2.12. The SMILES string of the molecule is Cn1c2cc(Cl)ccc2c(=O)c2cc3[nH]c4cc(Cl)ccc4c(=O)c3cc21. The lowest BCUT2D eigenvalue weighted by atomic mass is 10.0. The van der Waals surface area contributed by atoms with Gasteiger partial charge in [-0.05, 0) is 48.5 Å². The Kier molecular flexibility index (Phi) is 3.39. The molecule has 27 heavy (non-hydrogen) atoms. The second kappa shape index (κ2) is 5.59. The first-order chi connectivity index (χ1) is 12.9. The van der Waals surface area contributed by atoms with Crippen LogP contribution in [0.1, 0.15) is 0 Å². The zero-order chi connectivity index (χ0) is 18.9. The molecule has 3 aromatic carbocycles. The first-order valence-corrected chi connectivity index (χ1v) is 9.07. The van der Waals surface area contributed by atoms with Crippen LogP contribution < -0.4 is 10.9 Å². The Morgan fingerprint density at radius 1 is 0.704 bits per heavy atom. The van der Waals surface area contributed by atoms with Crippen molar-refractivity contribution >= 4 is 66.8 Å². The summed E-state index contributed by atoms with van der Waals surface area (Å²) in [6.07, 6.45) is 0. The summed E-state index contributed by atoms with van der Waals surface area (Å²) in [7, 11) is 1.86. The van der Waals surface area contributed by atoms with Crippen LogP contribution in [-0.2, 0) is 7.05 Å². The molecule has 0 saturated carbocycles. The highest BCUT2D eigenvalue weighted by Gasteiger charge is 2.13. The normalized spacial score (nSPS) is 11.8. The highest BCUT2D eigenvalue weighted by molar-refractivity contribution is 6.31. The first kappa shape index (κ1) is 16.4. The van der Waals surface area contributed by atoms with Gasteiger partial charge in [0.05, 0.1) is 22.1 Å². The second-order valence-electron chi connectivity index (χ2n) is 6.61. The van der Waals surface area contributed by atoms with Crippen molar-refractivity contribution in [3.63, 3.8) is 0 Å². The number of fused-ring (bicyclic) bond motifs is 4. The molecule has 0 aliphatic carbocycles. The van der Waals surface area contributed by atoms with E-state index in [0.29, 0.717) is 48.1 Å². The Morgan fingerprint density at radius 2 is 1.30 bits per heavy atom. The Bertz CT molecular complexity index is 1550. The van der Waals surface area contributed by atoms with E-state index in [-0.39, 0.29) is 10.9 Å². The molecule has 0 saturated heterocycles. The van der Waals surface area contributed by atoms with Crippen LogP contribution >= 0.6 is 23.2 Å². The van der Waals surface area contributed by atoms with E-state index in [1.165, 1.54) is 0 Å². The van der Waals surface area contributed by atoms with Crippen molar-refractivity contribution in [3.05, 3.63) is 79.0 Å². The summed E-state index contributed by atoms with van der Waals surface area (Å²) in [6.45, 7) is 0. The number of nitrogens with one attached hydrogen (secondary N) is 1. The Morgan fingerprint density at radius 3 is 2.07 bits per heavy atom. The summed E-state index contributed by atoms with van der Waals surface area (Å²) in [5.74, 6) is 0. The zero-order valence-corrected chi connectivity index (χ0v) is 15.7. The quantitative estimate of drug-likeness (QED) is 0.376. The Balaban J connectivity index is 2.04. The number of pyridine rings is 2. The van der Waals surface area contributed by atoms with Crippen LogP contribution in [0.15, 0.2) is 58.1 Å². The van der Waals surface area contributed by atoms with Gasteiger partial charge in [0.1, 0.15) is 0 Å². The molecule has 0 atom stereocenters. The molecule has 0 spiro atoms. The maximum Gasteiger partial charge on any atom is 0.197 e. The summed E-state index contributed by atoms with van der Waals surface area (Å²) in [6, 6.07) is 13.8. The molecule has 0 aliphatic rings. The predicted molar refractivity (Wildman–Crippen MR) is 112 cm³/mol. The third kappa shape index (κ3) is 2.30. The van der Waals surface area contributed by atoms with Crippen LogP contribution in [0, 0.1) is 0 Å². The molecular formula is C21H12Cl2N2O2. The van der Waals surface area contributed by atoms with E-state index in [2.05, 4.69) is 4.98 Å². The van der Waals surface area contributed by atoms with Crippen LogP contribution in [0.5, 0.6) is 0 Å². The predicted octanol–water partition coefficient (Wildman–Crippen LogP) is 4.99. The topological polar surface area (TPSA) is 54.9 Å². The van der Waals surface area contributed by atoms with Gasteiger partial charge in [-0.2, -0.15) is 0 Å². The Hall–Kier alpha value is -2.82. The molecular weight excluding hydrogens is 383 g/mol. The average Bonchev–Trinajstić information content (AvgIpc) is 2.65. The zero-order valence-electron chi connectivity index (χ0n) is 14.1. The van der Waals surface area contributed by atoms with Crippen LogP contribution in [0.4, 0.5) is 0 Å². The molecule has 132 valence electrons. The molecule has 6 heteroatoms. The van der Waals surface area contributed by atoms with Crippen molar-refractivity contribution in [2.24, 2.45) is 7.05 Å². The number of aromatic amines is 1. The number of hydrogen-bond donors (Lipinski definition) is 1. The summed E-state index contributed by atoms with van der Waals surface area (Å²) in [4.78, 5) is 29.2. The highest BCUT2D eigenvalue weighted by Crippen LogP contribution is 2.25. The van der Waals surface area contributed by atoms with Crippen molar-refractivity contribution in [2.45, 2.75) is 0 Å². The van der Waals surface area contributed by atoms with Gasteiger partial charge in [0, 0.05) is 38.6 Å². The molecule has 0 unspecified atom stereocenters. The molecule has 1 N–H and O–H groups in total. The minimum absolute atomic E-state index is 0.0938. The van der Waals surface area contributed by atoms with Gasteiger partial charge in [-0.1, -0.05) is 23.2 Å². The van der Waals surface area contributed by atoms with Crippen molar-refractivity contribution < 1.29 is 0 Å². The third-order valence-corrected chi connectivity index (χ3v) is 5.52. The summed E-state index contributed by atoms with van der Waals surface area (Å²) < 4.78 is 1.89. The largest absolute Gasteiger partial charge is 0.354 e. The van der Waals surface area contributed by atoms with E-state index in [1.807, 2.05) is 11.6 Å². The smallest absolute Gasteiger partial charge is 0.197 e. The number of hydrogen-bond acceptors (Lipinski definition) is 2. The minimum Gasteiger partial charge on any atom is -0.354 e. The standard InChI is InChI=1S/C21H12Cl2N2O2/c1-25-18-7-11(23)3-5-13(18)21(27)15-8-17-14(9-19(15)25)20(26)12-4-2-10(22)6-16(12)24-17/h2-9H,1H3,(H,24,26). The lowest BCUT2D eigenvalue weighted by Crippen LogP contribution is -2.11. The highest BCUT2D eigenvalue weighted by atomic mass is 35.5. The van der Waals surface area contributed by atoms with Gasteiger partial charge in [0.15, 0.2) is 10.9 Å². The van der Waals surface area contributed by atoms with Gasteiger partial charge in [-0.25, -0.2) is 0 Å². The number of aromatic nitrogens is 2. The van der Waals surface area contributed by atoms with Gasteiger partial charge in [0.25, 0.3) is 0 Å². The molecule has 0 aliphatic heterocycles. The summed E-state index contributed by atoms with van der Waals surface area (Å²) >= 11 is 12.2. The van der Waals surface area contributed by atoms with E-state index >= 15 is 0 Å². The van der Waals surface area contributed by atoms with Crippen molar-refractivity contribution in [1.82, 2.24) is 9.55 Å². The third-order valence-electron chi connectivity index (χ3n) is 5.05. The number of H-pyrrole nitrogens is 1. The van der Waals surface area contributed by atoms with E-state index < -0.39 is 0 Å². The van der Waals surface area contributed by atoms with Crippen LogP contribution in [0.3, 0.4) is 0 Å². The average molecular weight is 395 g/mol. The van der Waals surface area contributed by atoms with Crippen molar-refractivity contribution in [1.29, 1.82) is 0 Å². The number of halogens is 2. The number of benzene rings is 3. The monoisotopic (exact) mass is 394 g/mol. The van der Waals surface area contributed by atoms with Gasteiger partial charge >= 0.3 is 0 Å². The maximum atomic E-state index is 13.0. The van der Waals surface area contributed by atoms with Crippen molar-refractivity contribution in [3.8, 4) is 0 Å². The number of rotatable bonds is 0. The second-order valence-corrected chi connectivity index (χ2v) is 7.48. The Labute approximate surface area is 162 Å². The fraction of sp³-hybridized carbons (Fsp3) is 0.0476. The molecule has 0 amide bonds. The maximum absolute atomic E-state index is 13.0. The molecule has 5 aromatic rings. The molecule has 2 heterocycles. The molecule has 2 aromatic heterocycles. The van der Waals surface area contributed by atoms with E-state index in [0.717, 1.165) is 5.52 Å². The van der Waals surface area contributed by atoms with E-state index in [4.69, 9.17) is 23.2 Å². The van der Waals surface area contributed by atoms with Crippen LogP contribution in [0.25, 0.3) is 43.6 Å². The molecule has 0 radical (unpaired) electrons. The molecule has 0 fully saturated rings. The van der Waals surface area contributed by atoms with Crippen LogP contribution in [0.2, 0.25) is 10.0 Å². The molecule has 0 bridgehead atoms. The minimum atomic E-state index is -0.101. The molecule has 4 nitrogen and oxygen atoms in total. The first-order valence-electron chi connectivity index (χ1n) is 8.31. The van der Waals surface area contributed by atoms with Gasteiger partial charge in [-0.3, -0.25) is 9.59 Å². The van der Waals surface area contributed by atoms with Gasteiger partial charge in [-0.15, -0.1) is 0 Å². The van der Waals surface area contributed by atoms with Crippen LogP contribution in [-0.4, -0.2) is 9.55 Å². The number of aryl methyl sites for hydroxylation is 1. The number of nitrogens with zero attached hydrogens (tertiary/aromatic N) is 1. The molecule has 5 rings (SSSR count). The lowest BCUT2D eigenvalue weighted by molar-refractivity contribution is 1.00. The van der Waals surface area contributed by atoms with E-state index in [1.54, 1.807) is 48.5 Å². The summed E-state index contributed by atoms with van der Waals surface area (Å²) in [5, 5.41) is 3.29. The van der Waals surface area contributed by atoms with E-state index in [9.17, 15) is 9.59 Å². The van der Waals surface area contributed by atoms with Crippen molar-refractivity contribution in [2.75, 3.05) is 0 Å².